The minimum atomic E-state index is -0.407. The Bertz CT molecular complexity index is 358. The van der Waals surface area contributed by atoms with Crippen molar-refractivity contribution in [3.05, 3.63) is 28.8 Å². The van der Waals surface area contributed by atoms with Crippen LogP contribution < -0.4 is 4.74 Å². The van der Waals surface area contributed by atoms with E-state index in [0.717, 1.165) is 29.7 Å². The van der Waals surface area contributed by atoms with E-state index in [0.29, 0.717) is 0 Å². The molecule has 0 spiro atoms. The van der Waals surface area contributed by atoms with Crippen LogP contribution in [0.2, 0.25) is 0 Å². The van der Waals surface area contributed by atoms with Gasteiger partial charge in [0.05, 0.1) is 13.2 Å². The molecule has 0 fully saturated rings. The van der Waals surface area contributed by atoms with Gasteiger partial charge in [0, 0.05) is 5.56 Å². The predicted molar refractivity (Wildman–Crippen MR) is 71.6 cm³/mol. The summed E-state index contributed by atoms with van der Waals surface area (Å²) in [4.78, 5) is 0. The Morgan fingerprint density at radius 3 is 2.53 bits per heavy atom. The lowest BCUT2D eigenvalue weighted by molar-refractivity contribution is 0.159. The Labute approximate surface area is 105 Å². The van der Waals surface area contributed by atoms with Crippen molar-refractivity contribution >= 4 is 0 Å². The summed E-state index contributed by atoms with van der Waals surface area (Å²) in [7, 11) is 1.67. The number of ether oxygens (including phenoxy) is 1. The Hall–Kier alpha value is -1.02. The minimum absolute atomic E-state index is 0.407. The van der Waals surface area contributed by atoms with Crippen molar-refractivity contribution < 1.29 is 9.84 Å². The molecule has 0 radical (unpaired) electrons. The molecule has 0 saturated heterocycles. The molecule has 0 aliphatic heterocycles. The quantitative estimate of drug-likeness (QED) is 0.758. The third-order valence-corrected chi connectivity index (χ3v) is 3.35. The molecule has 0 aliphatic rings. The Balaban J connectivity index is 2.85. The molecule has 17 heavy (non-hydrogen) atoms. The van der Waals surface area contributed by atoms with Crippen molar-refractivity contribution in [2.24, 2.45) is 0 Å². The number of aliphatic hydroxyl groups excluding tert-OH is 1. The molecule has 1 rings (SSSR count). The first-order chi connectivity index (χ1) is 8.11. The molecular formula is C15H24O2. The second-order valence-electron chi connectivity index (χ2n) is 4.64. The van der Waals surface area contributed by atoms with Crippen molar-refractivity contribution in [1.82, 2.24) is 0 Å². The molecule has 1 atom stereocenters. The second-order valence-corrected chi connectivity index (χ2v) is 4.64. The summed E-state index contributed by atoms with van der Waals surface area (Å²) in [6.45, 7) is 6.27. The van der Waals surface area contributed by atoms with Crippen LogP contribution in [0.4, 0.5) is 0 Å². The van der Waals surface area contributed by atoms with Gasteiger partial charge < -0.3 is 9.84 Å². The minimum Gasteiger partial charge on any atom is -0.496 e. The molecule has 0 heterocycles. The molecular weight excluding hydrogens is 212 g/mol. The highest BCUT2D eigenvalue weighted by atomic mass is 16.5. The van der Waals surface area contributed by atoms with Crippen LogP contribution >= 0.6 is 0 Å². The van der Waals surface area contributed by atoms with Crippen LogP contribution in [0.15, 0.2) is 12.1 Å². The number of aryl methyl sites for hydroxylation is 1. The van der Waals surface area contributed by atoms with Crippen LogP contribution in [0.1, 0.15) is 55.4 Å². The summed E-state index contributed by atoms with van der Waals surface area (Å²) in [5.74, 6) is 0.842. The highest BCUT2D eigenvalue weighted by Gasteiger charge is 2.15. The lowest BCUT2D eigenvalue weighted by Gasteiger charge is -2.17. The predicted octanol–water partition coefficient (Wildman–Crippen LogP) is 3.93. The largest absolute Gasteiger partial charge is 0.496 e. The van der Waals surface area contributed by atoms with Gasteiger partial charge in [-0.15, -0.1) is 0 Å². The van der Waals surface area contributed by atoms with E-state index in [1.165, 1.54) is 18.4 Å². The van der Waals surface area contributed by atoms with Crippen molar-refractivity contribution in [2.45, 2.75) is 52.6 Å². The second kappa shape index (κ2) is 6.65. The van der Waals surface area contributed by atoms with Crippen LogP contribution in [0, 0.1) is 13.8 Å². The zero-order valence-electron chi connectivity index (χ0n) is 11.4. The SMILES string of the molecule is CCCCCC(O)c1ccc(C)c(C)c1OC. The van der Waals surface area contributed by atoms with Crippen LogP contribution in [-0.2, 0) is 0 Å². The normalized spacial score (nSPS) is 12.5. The zero-order chi connectivity index (χ0) is 12.8. The van der Waals surface area contributed by atoms with Crippen LogP contribution in [0.3, 0.4) is 0 Å². The van der Waals surface area contributed by atoms with Crippen molar-refractivity contribution in [3.8, 4) is 5.75 Å². The number of rotatable bonds is 6. The molecule has 0 aliphatic carbocycles. The van der Waals surface area contributed by atoms with Gasteiger partial charge in [0.2, 0.25) is 0 Å². The van der Waals surface area contributed by atoms with E-state index in [1.807, 2.05) is 13.0 Å². The molecule has 0 bridgehead atoms. The molecule has 96 valence electrons. The fourth-order valence-electron chi connectivity index (χ4n) is 2.09. The van der Waals surface area contributed by atoms with Crippen molar-refractivity contribution in [1.29, 1.82) is 0 Å². The van der Waals surface area contributed by atoms with Crippen molar-refractivity contribution in [2.75, 3.05) is 7.11 Å². The Morgan fingerprint density at radius 2 is 1.94 bits per heavy atom. The van der Waals surface area contributed by atoms with Gasteiger partial charge in [0.25, 0.3) is 0 Å². The van der Waals surface area contributed by atoms with E-state index in [9.17, 15) is 5.11 Å². The van der Waals surface area contributed by atoms with Crippen molar-refractivity contribution in [3.63, 3.8) is 0 Å². The number of aliphatic hydroxyl groups is 1. The fourth-order valence-corrected chi connectivity index (χ4v) is 2.09. The Morgan fingerprint density at radius 1 is 1.24 bits per heavy atom. The van der Waals surface area contributed by atoms with E-state index in [4.69, 9.17) is 4.74 Å². The third kappa shape index (κ3) is 3.47. The summed E-state index contributed by atoms with van der Waals surface area (Å²) in [6.07, 6.45) is 3.82. The summed E-state index contributed by atoms with van der Waals surface area (Å²) in [5.41, 5.74) is 3.25. The lowest BCUT2D eigenvalue weighted by Crippen LogP contribution is -2.03. The molecule has 2 nitrogen and oxygen atoms in total. The number of hydrogen-bond donors (Lipinski definition) is 1. The number of benzene rings is 1. The third-order valence-electron chi connectivity index (χ3n) is 3.35. The standard InChI is InChI=1S/C15H24O2/c1-5-6-7-8-14(16)13-10-9-11(2)12(3)15(13)17-4/h9-10,14,16H,5-8H2,1-4H3. The molecule has 1 unspecified atom stereocenters. The average molecular weight is 236 g/mol. The monoisotopic (exact) mass is 236 g/mol. The molecule has 0 amide bonds. The smallest absolute Gasteiger partial charge is 0.127 e. The first kappa shape index (κ1) is 14.0. The number of unbranched alkanes of at least 4 members (excludes halogenated alkanes) is 2. The van der Waals surface area contributed by atoms with Gasteiger partial charge in [0.15, 0.2) is 0 Å². The lowest BCUT2D eigenvalue weighted by atomic mass is 9.97. The van der Waals surface area contributed by atoms with E-state index in [-0.39, 0.29) is 0 Å². The van der Waals surface area contributed by atoms with E-state index < -0.39 is 6.10 Å². The first-order valence-electron chi connectivity index (χ1n) is 6.44. The topological polar surface area (TPSA) is 29.5 Å². The first-order valence-corrected chi connectivity index (χ1v) is 6.44. The average Bonchev–Trinajstić information content (AvgIpc) is 2.32. The highest BCUT2D eigenvalue weighted by molar-refractivity contribution is 5.46. The summed E-state index contributed by atoms with van der Waals surface area (Å²) >= 11 is 0. The summed E-state index contributed by atoms with van der Waals surface area (Å²) < 4.78 is 5.42. The summed E-state index contributed by atoms with van der Waals surface area (Å²) in [6, 6.07) is 4.04. The fraction of sp³-hybridized carbons (Fsp3) is 0.600. The van der Waals surface area contributed by atoms with Crippen LogP contribution in [0.5, 0.6) is 5.75 Å². The highest BCUT2D eigenvalue weighted by Crippen LogP contribution is 2.32. The summed E-state index contributed by atoms with van der Waals surface area (Å²) in [5, 5.41) is 10.2. The Kier molecular flexibility index (Phi) is 5.49. The van der Waals surface area contributed by atoms with Crippen LogP contribution in [0.25, 0.3) is 0 Å². The molecule has 0 saturated carbocycles. The molecule has 0 aromatic heterocycles. The van der Waals surface area contributed by atoms with Gasteiger partial charge in [-0.1, -0.05) is 38.3 Å². The molecule has 1 aromatic carbocycles. The number of methoxy groups -OCH3 is 1. The van der Waals surface area contributed by atoms with Gasteiger partial charge in [0.1, 0.15) is 5.75 Å². The molecule has 1 aromatic rings. The van der Waals surface area contributed by atoms with Gasteiger partial charge in [-0.25, -0.2) is 0 Å². The van der Waals surface area contributed by atoms with Crippen LogP contribution in [-0.4, -0.2) is 12.2 Å². The molecule has 2 heteroatoms. The zero-order valence-corrected chi connectivity index (χ0v) is 11.4. The maximum Gasteiger partial charge on any atom is 0.127 e. The van der Waals surface area contributed by atoms with Gasteiger partial charge >= 0.3 is 0 Å². The van der Waals surface area contributed by atoms with E-state index in [2.05, 4.69) is 19.9 Å². The van der Waals surface area contributed by atoms with Gasteiger partial charge in [-0.2, -0.15) is 0 Å². The van der Waals surface area contributed by atoms with Gasteiger partial charge in [-0.3, -0.25) is 0 Å². The number of hydrogen-bond acceptors (Lipinski definition) is 2. The van der Waals surface area contributed by atoms with E-state index in [1.54, 1.807) is 7.11 Å². The maximum absolute atomic E-state index is 10.2. The van der Waals surface area contributed by atoms with Gasteiger partial charge in [-0.05, 0) is 31.4 Å². The molecule has 1 N–H and O–H groups in total. The van der Waals surface area contributed by atoms with E-state index >= 15 is 0 Å². The maximum atomic E-state index is 10.2.